The molecule has 0 aliphatic rings. The van der Waals surface area contributed by atoms with Gasteiger partial charge < -0.3 is 18.0 Å². The summed E-state index contributed by atoms with van der Waals surface area (Å²) in [5.74, 6) is -11.3. The van der Waals surface area contributed by atoms with Gasteiger partial charge in [-0.25, -0.2) is 22.0 Å². The third-order valence-corrected chi connectivity index (χ3v) is 11.7. The first-order valence-corrected chi connectivity index (χ1v) is 19.0. The summed E-state index contributed by atoms with van der Waals surface area (Å²) in [5, 5.41) is 4.16. The maximum atomic E-state index is 16.6. The number of aromatic nitrogens is 2. The number of benzene rings is 8. The van der Waals surface area contributed by atoms with Crippen molar-refractivity contribution in [2.45, 2.75) is 6.18 Å². The van der Waals surface area contributed by atoms with Crippen molar-refractivity contribution in [3.8, 4) is 22.5 Å². The lowest BCUT2D eigenvalue weighted by Gasteiger charge is -2.23. The minimum Gasteiger partial charge on any atom is -0.456 e. The van der Waals surface area contributed by atoms with Gasteiger partial charge in [0.05, 0.1) is 49.8 Å². The molecule has 12 rings (SSSR count). The summed E-state index contributed by atoms with van der Waals surface area (Å²) in [6, 6.07) is 36.0. The average molecular weight is 823 g/mol. The summed E-state index contributed by atoms with van der Waals surface area (Å²) in [4.78, 5) is 0. The number of rotatable bonds is 3. The van der Waals surface area contributed by atoms with E-state index in [1.165, 1.54) is 9.13 Å². The van der Waals surface area contributed by atoms with Crippen LogP contribution in [0.1, 0.15) is 5.56 Å². The molecule has 0 atom stereocenters. The molecule has 61 heavy (non-hydrogen) atoms. The minimum absolute atomic E-state index is 0.264. The van der Waals surface area contributed by atoms with Gasteiger partial charge in [-0.3, -0.25) is 0 Å². The summed E-state index contributed by atoms with van der Waals surface area (Å²) in [7, 11) is 0. The summed E-state index contributed by atoms with van der Waals surface area (Å²) < 4.78 is 142. The molecule has 0 aliphatic carbocycles. The van der Waals surface area contributed by atoms with E-state index in [1.54, 1.807) is 121 Å². The molecule has 4 nitrogen and oxygen atoms in total. The van der Waals surface area contributed by atoms with Crippen molar-refractivity contribution in [3.05, 3.63) is 168 Å². The third-order valence-electron chi connectivity index (χ3n) is 11.7. The lowest BCUT2D eigenvalue weighted by Crippen LogP contribution is -2.16. The van der Waals surface area contributed by atoms with Gasteiger partial charge in [-0.2, -0.15) is 13.2 Å². The van der Waals surface area contributed by atoms with E-state index in [0.717, 1.165) is 12.1 Å². The van der Waals surface area contributed by atoms with Crippen LogP contribution in [-0.2, 0) is 6.18 Å². The van der Waals surface area contributed by atoms with Crippen LogP contribution in [0, 0.1) is 29.1 Å². The van der Waals surface area contributed by atoms with Crippen LogP contribution in [0.2, 0.25) is 0 Å². The second kappa shape index (κ2) is 12.2. The number of fused-ring (bicyclic) bond motifs is 14. The predicted octanol–water partition coefficient (Wildman–Crippen LogP) is 15.1. The van der Waals surface area contributed by atoms with Gasteiger partial charge in [0.1, 0.15) is 27.9 Å². The molecule has 4 aromatic heterocycles. The number of alkyl halides is 3. The van der Waals surface area contributed by atoms with Crippen LogP contribution in [0.25, 0.3) is 110 Å². The molecule has 0 radical (unpaired) electrons. The molecule has 0 unspecified atom stereocenters. The summed E-state index contributed by atoms with van der Waals surface area (Å²) in [5.41, 5.74) is -1.95. The summed E-state index contributed by atoms with van der Waals surface area (Å²) in [6.07, 6.45) is -5.21. The Morgan fingerprint density at radius 3 is 1.23 bits per heavy atom. The molecular weight excluding hydrogens is 801 g/mol. The first-order chi connectivity index (χ1) is 29.5. The Morgan fingerprint density at radius 2 is 0.787 bits per heavy atom. The van der Waals surface area contributed by atoms with Crippen molar-refractivity contribution in [2.75, 3.05) is 0 Å². The van der Waals surface area contributed by atoms with Gasteiger partial charge >= 0.3 is 6.18 Å². The fourth-order valence-corrected chi connectivity index (χ4v) is 9.29. The maximum Gasteiger partial charge on any atom is 0.420 e. The van der Waals surface area contributed by atoms with Gasteiger partial charge in [0.2, 0.25) is 5.82 Å². The summed E-state index contributed by atoms with van der Waals surface area (Å²) >= 11 is 0. The minimum atomic E-state index is -5.21. The third kappa shape index (κ3) is 4.69. The van der Waals surface area contributed by atoms with Crippen molar-refractivity contribution in [1.82, 2.24) is 9.13 Å². The Bertz CT molecular complexity index is 3650. The second-order valence-corrected chi connectivity index (χ2v) is 14.9. The molecule has 0 saturated heterocycles. The molecule has 0 aliphatic heterocycles. The van der Waals surface area contributed by atoms with Gasteiger partial charge in [-0.15, -0.1) is 0 Å². The van der Waals surface area contributed by atoms with Gasteiger partial charge in [0.15, 0.2) is 23.3 Å². The van der Waals surface area contributed by atoms with Crippen molar-refractivity contribution < 1.29 is 44.0 Å². The monoisotopic (exact) mass is 822 g/mol. The largest absolute Gasteiger partial charge is 0.456 e. The van der Waals surface area contributed by atoms with Crippen LogP contribution in [0.5, 0.6) is 0 Å². The van der Waals surface area contributed by atoms with Gasteiger partial charge in [-0.05, 0) is 66.2 Å². The number of para-hydroxylation sites is 4. The van der Waals surface area contributed by atoms with E-state index in [9.17, 15) is 4.39 Å². The zero-order valence-electron chi connectivity index (χ0n) is 30.9. The molecule has 12 heteroatoms. The van der Waals surface area contributed by atoms with Crippen LogP contribution < -0.4 is 0 Å². The van der Waals surface area contributed by atoms with E-state index in [4.69, 9.17) is 8.83 Å². The smallest absolute Gasteiger partial charge is 0.420 e. The molecule has 0 N–H and O–H groups in total. The molecule has 0 spiro atoms. The number of hydrogen-bond acceptors (Lipinski definition) is 2. The Hall–Kier alpha value is -7.60. The Morgan fingerprint density at radius 1 is 0.393 bits per heavy atom. The molecular formula is C49H22F8N2O2. The molecule has 0 amide bonds. The highest BCUT2D eigenvalue weighted by atomic mass is 19.4. The van der Waals surface area contributed by atoms with Crippen LogP contribution in [0.4, 0.5) is 35.1 Å². The Kier molecular flexibility index (Phi) is 7.09. The van der Waals surface area contributed by atoms with Gasteiger partial charge in [-0.1, -0.05) is 72.8 Å². The van der Waals surface area contributed by atoms with Crippen molar-refractivity contribution >= 4 is 87.5 Å². The number of nitrogens with zero attached hydrogens (tertiary/aromatic N) is 2. The standard InChI is InChI=1S/C49H22F8N2O2/c50-42-38(43(51)45(53)46(54)44(42)52)23-21-32(58-30-13-5-1-9-24(30)26-17-19-36-39(47(26)58)28-11-3-7-15-34(28)60-36)41(49(55,56)57)33(22-23)59-31-14-6-2-10-25(31)27-18-20-37-40(48(27)59)29-12-4-8-16-35(29)61-37/h1-22H. The van der Waals surface area contributed by atoms with Gasteiger partial charge in [0, 0.05) is 32.3 Å². The van der Waals surface area contributed by atoms with Crippen LogP contribution in [-0.4, -0.2) is 9.13 Å². The molecule has 0 fully saturated rings. The van der Waals surface area contributed by atoms with E-state index in [0.29, 0.717) is 65.4 Å². The highest BCUT2D eigenvalue weighted by Crippen LogP contribution is 2.50. The zero-order chi connectivity index (χ0) is 41.6. The van der Waals surface area contributed by atoms with E-state index in [2.05, 4.69) is 0 Å². The average Bonchev–Trinajstić information content (AvgIpc) is 4.01. The molecule has 12 aromatic rings. The number of hydrogen-bond donors (Lipinski definition) is 0. The van der Waals surface area contributed by atoms with Crippen molar-refractivity contribution in [3.63, 3.8) is 0 Å². The van der Waals surface area contributed by atoms with E-state index < -0.39 is 63.3 Å². The lowest BCUT2D eigenvalue weighted by molar-refractivity contribution is -0.137. The maximum absolute atomic E-state index is 16.6. The summed E-state index contributed by atoms with van der Waals surface area (Å²) in [6.45, 7) is 0. The SMILES string of the molecule is Fc1c(F)c(F)c(-c2cc(-n3c4ccccc4c4ccc5oc6ccccc6c5c43)c(C(F)(F)F)c(-n3c4ccccc4c4ccc5oc6ccccc6c5c43)c2)c(F)c1F. The second-order valence-electron chi connectivity index (χ2n) is 14.9. The molecule has 296 valence electrons. The molecule has 0 bridgehead atoms. The first kappa shape index (κ1) is 35.4. The Balaban J connectivity index is 1.36. The van der Waals surface area contributed by atoms with Crippen molar-refractivity contribution in [2.24, 2.45) is 0 Å². The van der Waals surface area contributed by atoms with Gasteiger partial charge in [0.25, 0.3) is 0 Å². The lowest BCUT2D eigenvalue weighted by atomic mass is 9.97. The fraction of sp³-hybridized carbons (Fsp3) is 0.0204. The highest BCUT2D eigenvalue weighted by molar-refractivity contribution is 6.26. The number of halogens is 8. The number of furan rings is 2. The Labute approximate surface area is 336 Å². The van der Waals surface area contributed by atoms with Crippen LogP contribution in [0.3, 0.4) is 0 Å². The quantitative estimate of drug-likeness (QED) is 0.101. The van der Waals surface area contributed by atoms with E-state index >= 15 is 30.7 Å². The topological polar surface area (TPSA) is 36.1 Å². The van der Waals surface area contributed by atoms with E-state index in [1.807, 2.05) is 0 Å². The molecule has 4 heterocycles. The van der Waals surface area contributed by atoms with Crippen LogP contribution in [0.15, 0.2) is 142 Å². The first-order valence-electron chi connectivity index (χ1n) is 19.0. The fourth-order valence-electron chi connectivity index (χ4n) is 9.29. The van der Waals surface area contributed by atoms with E-state index in [-0.39, 0.29) is 22.1 Å². The predicted molar refractivity (Wildman–Crippen MR) is 220 cm³/mol. The van der Waals surface area contributed by atoms with Crippen molar-refractivity contribution in [1.29, 1.82) is 0 Å². The van der Waals surface area contributed by atoms with Crippen LogP contribution >= 0.6 is 0 Å². The highest BCUT2D eigenvalue weighted by Gasteiger charge is 2.41. The molecule has 8 aromatic carbocycles. The zero-order valence-corrected chi connectivity index (χ0v) is 30.9. The normalized spacial score (nSPS) is 12.6. The molecule has 0 saturated carbocycles.